The van der Waals surface area contributed by atoms with Gasteiger partial charge in [-0.25, -0.2) is 0 Å². The monoisotopic (exact) mass is 342 g/mol. The lowest BCUT2D eigenvalue weighted by molar-refractivity contribution is -0.136. The maximum atomic E-state index is 11.9. The van der Waals surface area contributed by atoms with E-state index in [0.29, 0.717) is 24.5 Å². The average Bonchev–Trinajstić information content (AvgIpc) is 2.62. The summed E-state index contributed by atoms with van der Waals surface area (Å²) in [6, 6.07) is 16.2. The van der Waals surface area contributed by atoms with Crippen LogP contribution in [0.1, 0.15) is 12.5 Å². The summed E-state index contributed by atoms with van der Waals surface area (Å²) in [7, 11) is 0. The van der Waals surface area contributed by atoms with Gasteiger partial charge in [0, 0.05) is 18.7 Å². The Hall–Kier alpha value is -2.86. The van der Waals surface area contributed by atoms with Crippen molar-refractivity contribution in [3.05, 3.63) is 60.2 Å². The summed E-state index contributed by atoms with van der Waals surface area (Å²) in [5.74, 6) is -0.883. The fraction of sp³-hybridized carbons (Fsp3) is 0.263. The molecular weight excluding hydrogens is 320 g/mol. The molecule has 2 aromatic carbocycles. The highest BCUT2D eigenvalue weighted by atomic mass is 16.5. The number of aliphatic hydroxyl groups excluding tert-OH is 1. The molecule has 0 fully saturated rings. The molecule has 1 atom stereocenters. The lowest BCUT2D eigenvalue weighted by Crippen LogP contribution is -2.40. The molecule has 0 aliphatic carbocycles. The smallest absolute Gasteiger partial charge is 0.313 e. The number of nitrogens with one attached hydrogen (secondary N) is 2. The van der Waals surface area contributed by atoms with Crippen molar-refractivity contribution in [3.8, 4) is 5.75 Å². The number of carbonyl (C=O) groups is 2. The summed E-state index contributed by atoms with van der Waals surface area (Å²) in [5, 5.41) is 14.9. The Morgan fingerprint density at radius 1 is 1.04 bits per heavy atom. The third kappa shape index (κ3) is 6.27. The number of amides is 2. The molecule has 0 saturated carbocycles. The maximum absolute atomic E-state index is 11.9. The Balaban J connectivity index is 1.76. The van der Waals surface area contributed by atoms with E-state index < -0.39 is 17.9 Å². The van der Waals surface area contributed by atoms with Crippen molar-refractivity contribution in [1.29, 1.82) is 0 Å². The summed E-state index contributed by atoms with van der Waals surface area (Å²) in [6.07, 6.45) is -0.355. The number of benzene rings is 2. The van der Waals surface area contributed by atoms with Crippen LogP contribution in [0, 0.1) is 0 Å². The topological polar surface area (TPSA) is 87.7 Å². The quantitative estimate of drug-likeness (QED) is 0.669. The third-order valence-electron chi connectivity index (χ3n) is 3.44. The molecule has 0 heterocycles. The molecule has 0 aliphatic rings. The van der Waals surface area contributed by atoms with Crippen LogP contribution in [-0.2, 0) is 16.0 Å². The van der Waals surface area contributed by atoms with Crippen LogP contribution in [0.5, 0.6) is 5.75 Å². The van der Waals surface area contributed by atoms with Gasteiger partial charge in [0.05, 0.1) is 12.7 Å². The van der Waals surface area contributed by atoms with Crippen LogP contribution in [-0.4, -0.2) is 36.2 Å². The second-order valence-corrected chi connectivity index (χ2v) is 5.47. The Morgan fingerprint density at radius 2 is 1.72 bits per heavy atom. The van der Waals surface area contributed by atoms with Gasteiger partial charge in [-0.3, -0.25) is 9.59 Å². The van der Waals surface area contributed by atoms with E-state index in [9.17, 15) is 14.7 Å². The van der Waals surface area contributed by atoms with E-state index in [1.54, 1.807) is 24.3 Å². The largest absolute Gasteiger partial charge is 0.494 e. The van der Waals surface area contributed by atoms with Crippen LogP contribution in [0.3, 0.4) is 0 Å². The van der Waals surface area contributed by atoms with E-state index in [0.717, 1.165) is 5.56 Å². The van der Waals surface area contributed by atoms with Gasteiger partial charge in [0.1, 0.15) is 5.75 Å². The van der Waals surface area contributed by atoms with Gasteiger partial charge >= 0.3 is 11.8 Å². The standard InChI is InChI=1S/C19H22N2O4/c1-2-25-17-10-8-15(9-11-17)21-19(24)18(23)20-13-16(22)12-14-6-4-3-5-7-14/h3-11,16,22H,2,12-13H2,1H3,(H,20,23)(H,21,24). The van der Waals surface area contributed by atoms with Crippen molar-refractivity contribution in [2.45, 2.75) is 19.4 Å². The van der Waals surface area contributed by atoms with Crippen molar-refractivity contribution < 1.29 is 19.4 Å². The number of hydrogen-bond acceptors (Lipinski definition) is 4. The fourth-order valence-corrected chi connectivity index (χ4v) is 2.24. The van der Waals surface area contributed by atoms with Crippen molar-refractivity contribution in [3.63, 3.8) is 0 Å². The zero-order valence-electron chi connectivity index (χ0n) is 14.1. The molecule has 0 radical (unpaired) electrons. The van der Waals surface area contributed by atoms with Crippen molar-refractivity contribution >= 4 is 17.5 Å². The minimum Gasteiger partial charge on any atom is -0.494 e. The van der Waals surface area contributed by atoms with Crippen LogP contribution < -0.4 is 15.4 Å². The highest BCUT2D eigenvalue weighted by Crippen LogP contribution is 2.15. The van der Waals surface area contributed by atoms with Gasteiger partial charge in [0.25, 0.3) is 0 Å². The fourth-order valence-electron chi connectivity index (χ4n) is 2.24. The predicted molar refractivity (Wildman–Crippen MR) is 95.4 cm³/mol. The summed E-state index contributed by atoms with van der Waals surface area (Å²) < 4.78 is 5.31. The number of anilines is 1. The van der Waals surface area contributed by atoms with E-state index in [-0.39, 0.29) is 6.54 Å². The van der Waals surface area contributed by atoms with Gasteiger partial charge in [-0.15, -0.1) is 0 Å². The van der Waals surface area contributed by atoms with Gasteiger partial charge in [0.2, 0.25) is 0 Å². The number of ether oxygens (including phenoxy) is 1. The molecule has 0 aromatic heterocycles. The van der Waals surface area contributed by atoms with Gasteiger partial charge in [-0.2, -0.15) is 0 Å². The molecule has 0 saturated heterocycles. The lowest BCUT2D eigenvalue weighted by Gasteiger charge is -2.12. The van der Waals surface area contributed by atoms with E-state index in [2.05, 4.69) is 10.6 Å². The van der Waals surface area contributed by atoms with Crippen LogP contribution in [0.25, 0.3) is 0 Å². The Morgan fingerprint density at radius 3 is 2.36 bits per heavy atom. The van der Waals surface area contributed by atoms with Crippen molar-refractivity contribution in [1.82, 2.24) is 5.32 Å². The molecule has 132 valence electrons. The van der Waals surface area contributed by atoms with Gasteiger partial charge in [-0.1, -0.05) is 30.3 Å². The van der Waals surface area contributed by atoms with Crippen LogP contribution in [0.15, 0.2) is 54.6 Å². The second kappa shape index (κ2) is 9.44. The van der Waals surface area contributed by atoms with E-state index in [4.69, 9.17) is 4.74 Å². The Labute approximate surface area is 146 Å². The zero-order valence-corrected chi connectivity index (χ0v) is 14.1. The molecule has 1 unspecified atom stereocenters. The first-order chi connectivity index (χ1) is 12.1. The van der Waals surface area contributed by atoms with E-state index in [1.807, 2.05) is 37.3 Å². The van der Waals surface area contributed by atoms with Gasteiger partial charge < -0.3 is 20.5 Å². The third-order valence-corrected chi connectivity index (χ3v) is 3.44. The number of hydrogen-bond donors (Lipinski definition) is 3. The Bertz CT molecular complexity index is 686. The normalized spacial score (nSPS) is 11.4. The summed E-state index contributed by atoms with van der Waals surface area (Å²) in [4.78, 5) is 23.7. The Kier molecular flexibility index (Phi) is 6.98. The molecule has 0 bridgehead atoms. The molecule has 6 heteroatoms. The summed E-state index contributed by atoms with van der Waals surface area (Å²) >= 11 is 0. The number of carbonyl (C=O) groups excluding carboxylic acids is 2. The van der Waals surface area contributed by atoms with Gasteiger partial charge in [0.15, 0.2) is 0 Å². The molecule has 0 aliphatic heterocycles. The molecule has 25 heavy (non-hydrogen) atoms. The summed E-state index contributed by atoms with van der Waals surface area (Å²) in [6.45, 7) is 2.44. The minimum atomic E-state index is -0.791. The first kappa shape index (κ1) is 18.5. The average molecular weight is 342 g/mol. The second-order valence-electron chi connectivity index (χ2n) is 5.47. The van der Waals surface area contributed by atoms with Crippen molar-refractivity contribution in [2.24, 2.45) is 0 Å². The molecule has 2 amide bonds. The zero-order chi connectivity index (χ0) is 18.1. The molecule has 3 N–H and O–H groups in total. The molecule has 2 aromatic rings. The number of aliphatic hydroxyl groups is 1. The highest BCUT2D eigenvalue weighted by molar-refractivity contribution is 6.39. The van der Waals surface area contributed by atoms with E-state index in [1.165, 1.54) is 0 Å². The summed E-state index contributed by atoms with van der Waals surface area (Å²) in [5.41, 5.74) is 1.46. The lowest BCUT2D eigenvalue weighted by atomic mass is 10.1. The first-order valence-corrected chi connectivity index (χ1v) is 8.12. The molecule has 2 rings (SSSR count). The first-order valence-electron chi connectivity index (χ1n) is 8.12. The molecular formula is C19H22N2O4. The maximum Gasteiger partial charge on any atom is 0.313 e. The van der Waals surface area contributed by atoms with Crippen LogP contribution in [0.4, 0.5) is 5.69 Å². The SMILES string of the molecule is CCOc1ccc(NC(=O)C(=O)NCC(O)Cc2ccccc2)cc1. The van der Waals surface area contributed by atoms with Crippen LogP contribution >= 0.6 is 0 Å². The van der Waals surface area contributed by atoms with Crippen LogP contribution in [0.2, 0.25) is 0 Å². The molecule has 0 spiro atoms. The van der Waals surface area contributed by atoms with Gasteiger partial charge in [-0.05, 0) is 36.8 Å². The minimum absolute atomic E-state index is 0.00439. The van der Waals surface area contributed by atoms with E-state index >= 15 is 0 Å². The highest BCUT2D eigenvalue weighted by Gasteiger charge is 2.15. The number of rotatable bonds is 7. The molecule has 6 nitrogen and oxygen atoms in total. The van der Waals surface area contributed by atoms with Crippen molar-refractivity contribution in [2.75, 3.05) is 18.5 Å². The predicted octanol–water partition coefficient (Wildman–Crippen LogP) is 1.74.